The maximum atomic E-state index is 2.37. The van der Waals surface area contributed by atoms with Crippen LogP contribution < -0.4 is 0 Å². The zero-order chi connectivity index (χ0) is 10.8. The van der Waals surface area contributed by atoms with Crippen molar-refractivity contribution in [2.45, 2.75) is 26.8 Å². The summed E-state index contributed by atoms with van der Waals surface area (Å²) in [6, 6.07) is 0.443. The molecule has 1 aliphatic rings. The average Bonchev–Trinajstić information content (AvgIpc) is 2.60. The molecule has 0 N–H and O–H groups in total. The Bertz CT molecular complexity index is 401. The van der Waals surface area contributed by atoms with Crippen molar-refractivity contribution in [1.29, 1.82) is 0 Å². The third-order valence-electron chi connectivity index (χ3n) is 3.00. The molecule has 0 aliphatic carbocycles. The highest BCUT2D eigenvalue weighted by Gasteiger charge is 2.19. The second kappa shape index (κ2) is 4.23. The molecule has 0 radical (unpaired) electrons. The first-order valence-corrected chi connectivity index (χ1v) is 6.27. The van der Waals surface area contributed by atoms with E-state index in [4.69, 9.17) is 0 Å². The van der Waals surface area contributed by atoms with Crippen LogP contribution in [0, 0.1) is 13.8 Å². The Balaban J connectivity index is 2.34. The van der Waals surface area contributed by atoms with Gasteiger partial charge in [0.1, 0.15) is 0 Å². The van der Waals surface area contributed by atoms with E-state index in [1.807, 2.05) is 11.3 Å². The van der Waals surface area contributed by atoms with Crippen molar-refractivity contribution in [1.82, 2.24) is 4.90 Å². The first kappa shape index (κ1) is 10.5. The van der Waals surface area contributed by atoms with E-state index in [9.17, 15) is 0 Å². The van der Waals surface area contributed by atoms with Gasteiger partial charge in [-0.3, -0.25) is 0 Å². The SMILES string of the molecule is CCN1C=CC=CC1c1scc(C)c1C. The summed E-state index contributed by atoms with van der Waals surface area (Å²) in [4.78, 5) is 3.85. The predicted molar refractivity (Wildman–Crippen MR) is 67.2 cm³/mol. The minimum atomic E-state index is 0.443. The molecule has 0 aromatic carbocycles. The van der Waals surface area contributed by atoms with Crippen LogP contribution in [0.3, 0.4) is 0 Å². The van der Waals surface area contributed by atoms with Crippen molar-refractivity contribution in [3.05, 3.63) is 45.8 Å². The maximum absolute atomic E-state index is 2.37. The van der Waals surface area contributed by atoms with Gasteiger partial charge in [-0.2, -0.15) is 0 Å². The van der Waals surface area contributed by atoms with Gasteiger partial charge < -0.3 is 4.90 Å². The quantitative estimate of drug-likeness (QED) is 0.731. The standard InChI is InChI=1S/C13H17NS/c1-4-14-8-6-5-7-12(14)13-11(3)10(2)9-15-13/h5-9,12H,4H2,1-3H3. The van der Waals surface area contributed by atoms with E-state index in [0.29, 0.717) is 6.04 Å². The normalized spacial score (nSPS) is 19.9. The second-order valence-electron chi connectivity index (χ2n) is 3.91. The van der Waals surface area contributed by atoms with Crippen molar-refractivity contribution in [2.24, 2.45) is 0 Å². The Hall–Kier alpha value is -1.02. The molecule has 0 saturated heterocycles. The van der Waals surface area contributed by atoms with E-state index in [0.717, 1.165) is 6.54 Å². The highest BCUT2D eigenvalue weighted by Crippen LogP contribution is 2.33. The third-order valence-corrected chi connectivity index (χ3v) is 4.27. The van der Waals surface area contributed by atoms with Gasteiger partial charge in [-0.1, -0.05) is 12.2 Å². The lowest BCUT2D eigenvalue weighted by Crippen LogP contribution is -2.23. The molecular weight excluding hydrogens is 202 g/mol. The molecule has 2 heteroatoms. The lowest BCUT2D eigenvalue weighted by atomic mass is 10.1. The summed E-state index contributed by atoms with van der Waals surface area (Å²) in [6.45, 7) is 7.67. The number of hydrogen-bond acceptors (Lipinski definition) is 2. The largest absolute Gasteiger partial charge is 0.366 e. The molecule has 1 atom stereocenters. The van der Waals surface area contributed by atoms with Crippen molar-refractivity contribution in [3.8, 4) is 0 Å². The van der Waals surface area contributed by atoms with Gasteiger partial charge in [0.2, 0.25) is 0 Å². The van der Waals surface area contributed by atoms with E-state index >= 15 is 0 Å². The van der Waals surface area contributed by atoms with Gasteiger partial charge in [0, 0.05) is 11.4 Å². The summed E-state index contributed by atoms with van der Waals surface area (Å²) in [5, 5.41) is 2.25. The molecule has 1 aromatic rings. The van der Waals surface area contributed by atoms with Crippen LogP contribution in [0.2, 0.25) is 0 Å². The zero-order valence-electron chi connectivity index (χ0n) is 9.53. The van der Waals surface area contributed by atoms with E-state index in [1.54, 1.807) is 0 Å². The fourth-order valence-corrected chi connectivity index (χ4v) is 3.06. The molecule has 1 nitrogen and oxygen atoms in total. The van der Waals surface area contributed by atoms with Gasteiger partial charge >= 0.3 is 0 Å². The van der Waals surface area contributed by atoms with E-state index < -0.39 is 0 Å². The van der Waals surface area contributed by atoms with E-state index in [1.165, 1.54) is 16.0 Å². The number of thiophene rings is 1. The monoisotopic (exact) mass is 219 g/mol. The molecule has 0 fully saturated rings. The van der Waals surface area contributed by atoms with Crippen LogP contribution >= 0.6 is 11.3 Å². The molecule has 1 aromatic heterocycles. The first-order chi connectivity index (χ1) is 7.24. The summed E-state index contributed by atoms with van der Waals surface area (Å²) in [6.07, 6.45) is 8.71. The van der Waals surface area contributed by atoms with Crippen LogP contribution in [-0.4, -0.2) is 11.4 Å². The van der Waals surface area contributed by atoms with E-state index in [2.05, 4.69) is 55.5 Å². The van der Waals surface area contributed by atoms with Crippen LogP contribution in [0.1, 0.15) is 29.0 Å². The van der Waals surface area contributed by atoms with Crippen LogP contribution in [-0.2, 0) is 0 Å². The van der Waals surface area contributed by atoms with Crippen molar-refractivity contribution in [3.63, 3.8) is 0 Å². The van der Waals surface area contributed by atoms with E-state index in [-0.39, 0.29) is 0 Å². The molecule has 80 valence electrons. The highest BCUT2D eigenvalue weighted by atomic mass is 32.1. The summed E-state index contributed by atoms with van der Waals surface area (Å²) in [7, 11) is 0. The molecule has 15 heavy (non-hydrogen) atoms. The zero-order valence-corrected chi connectivity index (χ0v) is 10.3. The minimum absolute atomic E-state index is 0.443. The summed E-state index contributed by atoms with van der Waals surface area (Å²) in [5.74, 6) is 0. The molecule has 2 rings (SSSR count). The van der Waals surface area contributed by atoms with Gasteiger partial charge in [0.15, 0.2) is 0 Å². The number of hydrogen-bond donors (Lipinski definition) is 0. The molecule has 0 amide bonds. The van der Waals surface area contributed by atoms with Gasteiger partial charge in [-0.15, -0.1) is 11.3 Å². The molecule has 0 saturated carbocycles. The number of rotatable bonds is 2. The fourth-order valence-electron chi connectivity index (χ4n) is 1.89. The smallest absolute Gasteiger partial charge is 0.0819 e. The maximum Gasteiger partial charge on any atom is 0.0819 e. The summed E-state index contributed by atoms with van der Waals surface area (Å²) >= 11 is 1.87. The Morgan fingerprint density at radius 2 is 2.13 bits per heavy atom. The van der Waals surface area contributed by atoms with Gasteiger partial charge in [-0.05, 0) is 49.6 Å². The molecule has 0 spiro atoms. The van der Waals surface area contributed by atoms with Crippen LogP contribution in [0.5, 0.6) is 0 Å². The Kier molecular flexibility index (Phi) is 2.96. The lowest BCUT2D eigenvalue weighted by Gasteiger charge is -2.29. The fraction of sp³-hybridized carbons (Fsp3) is 0.385. The van der Waals surface area contributed by atoms with Gasteiger partial charge in [0.05, 0.1) is 6.04 Å². The highest BCUT2D eigenvalue weighted by molar-refractivity contribution is 7.10. The number of nitrogens with zero attached hydrogens (tertiary/aromatic N) is 1. The number of aryl methyl sites for hydroxylation is 1. The summed E-state index contributed by atoms with van der Waals surface area (Å²) in [5.41, 5.74) is 2.86. The predicted octanol–water partition coefficient (Wildman–Crippen LogP) is 3.81. The Morgan fingerprint density at radius 1 is 1.33 bits per heavy atom. The molecule has 1 aliphatic heterocycles. The lowest BCUT2D eigenvalue weighted by molar-refractivity contribution is 0.341. The van der Waals surface area contributed by atoms with Crippen LogP contribution in [0.25, 0.3) is 0 Å². The van der Waals surface area contributed by atoms with Crippen molar-refractivity contribution < 1.29 is 0 Å². The topological polar surface area (TPSA) is 3.24 Å². The third kappa shape index (κ3) is 1.86. The van der Waals surface area contributed by atoms with Crippen LogP contribution in [0.15, 0.2) is 29.8 Å². The van der Waals surface area contributed by atoms with Crippen molar-refractivity contribution in [2.75, 3.05) is 6.54 Å². The average molecular weight is 219 g/mol. The van der Waals surface area contributed by atoms with Gasteiger partial charge in [0.25, 0.3) is 0 Å². The molecule has 2 heterocycles. The van der Waals surface area contributed by atoms with Crippen LogP contribution in [0.4, 0.5) is 0 Å². The second-order valence-corrected chi connectivity index (χ2v) is 4.82. The first-order valence-electron chi connectivity index (χ1n) is 5.39. The van der Waals surface area contributed by atoms with Crippen molar-refractivity contribution >= 4 is 11.3 Å². The number of likely N-dealkylation sites (N-methyl/N-ethyl adjacent to an activating group) is 1. The number of allylic oxidation sites excluding steroid dienone is 2. The van der Waals surface area contributed by atoms with Gasteiger partial charge in [-0.25, -0.2) is 0 Å². The Labute approximate surface area is 95.7 Å². The Morgan fingerprint density at radius 3 is 2.73 bits per heavy atom. The molecule has 1 unspecified atom stereocenters. The molecule has 0 bridgehead atoms. The summed E-state index contributed by atoms with van der Waals surface area (Å²) < 4.78 is 0. The minimum Gasteiger partial charge on any atom is -0.366 e. The molecular formula is C13H17NS.